The van der Waals surface area contributed by atoms with E-state index in [4.69, 9.17) is 18.9 Å². The predicted octanol–water partition coefficient (Wildman–Crippen LogP) is 4.45. The van der Waals surface area contributed by atoms with Gasteiger partial charge >= 0.3 is 0 Å². The van der Waals surface area contributed by atoms with Gasteiger partial charge in [-0.25, -0.2) is 0 Å². The smallest absolute Gasteiger partial charge is 0.174 e. The van der Waals surface area contributed by atoms with Crippen LogP contribution < -0.4 is 18.9 Å². The molecule has 3 rings (SSSR count). The van der Waals surface area contributed by atoms with Gasteiger partial charge in [-0.3, -0.25) is 4.79 Å². The Labute approximate surface area is 148 Å². The number of rotatable bonds is 4. The van der Waals surface area contributed by atoms with E-state index in [9.17, 15) is 4.79 Å². The van der Waals surface area contributed by atoms with Gasteiger partial charge in [-0.2, -0.15) is 0 Å². The summed E-state index contributed by atoms with van der Waals surface area (Å²) in [4.78, 5) is 12.5. The molecular formula is C20H24O5. The normalized spacial score (nSPS) is 15.2. The first-order chi connectivity index (χ1) is 12.2. The third-order valence-corrected chi connectivity index (χ3v) is 3.90. The Hall–Kier alpha value is -2.69. The van der Waals surface area contributed by atoms with E-state index < -0.39 is 0 Å². The molecule has 5 heteroatoms. The number of fused-ring (bicyclic) bond motifs is 1. The van der Waals surface area contributed by atoms with E-state index in [0.29, 0.717) is 22.8 Å². The highest BCUT2D eigenvalue weighted by Gasteiger charge is 2.31. The average Bonchev–Trinajstić information content (AvgIpc) is 2.68. The molecule has 25 heavy (non-hydrogen) atoms. The Bertz CT molecular complexity index is 722. The molecule has 1 aliphatic heterocycles. The van der Waals surface area contributed by atoms with E-state index in [1.165, 1.54) is 7.11 Å². The van der Waals surface area contributed by atoms with Gasteiger partial charge in [-0.1, -0.05) is 26.0 Å². The van der Waals surface area contributed by atoms with Crippen molar-refractivity contribution in [2.24, 2.45) is 0 Å². The van der Waals surface area contributed by atoms with Crippen LogP contribution >= 0.6 is 0 Å². The molecule has 0 saturated carbocycles. The predicted molar refractivity (Wildman–Crippen MR) is 96.2 cm³/mol. The maximum absolute atomic E-state index is 12.5. The molecule has 5 nitrogen and oxygen atoms in total. The maximum Gasteiger partial charge on any atom is 0.174 e. The van der Waals surface area contributed by atoms with Crippen molar-refractivity contribution >= 4 is 5.78 Å². The molecule has 0 saturated heterocycles. The Balaban J connectivity index is 0.00000109. The lowest BCUT2D eigenvalue weighted by Crippen LogP contribution is -2.21. The van der Waals surface area contributed by atoms with Crippen LogP contribution in [0, 0.1) is 0 Å². The molecule has 1 heterocycles. The summed E-state index contributed by atoms with van der Waals surface area (Å²) < 4.78 is 21.7. The molecule has 2 aromatic rings. The van der Waals surface area contributed by atoms with E-state index in [-0.39, 0.29) is 18.3 Å². The Morgan fingerprint density at radius 1 is 0.920 bits per heavy atom. The first kappa shape index (κ1) is 18.6. The zero-order chi connectivity index (χ0) is 18.4. The van der Waals surface area contributed by atoms with Gasteiger partial charge < -0.3 is 18.9 Å². The number of ether oxygens (including phenoxy) is 4. The van der Waals surface area contributed by atoms with E-state index in [1.54, 1.807) is 26.4 Å². The minimum atomic E-state index is -0.335. The van der Waals surface area contributed by atoms with Gasteiger partial charge in [0.15, 0.2) is 5.78 Å². The summed E-state index contributed by atoms with van der Waals surface area (Å²) in [5.74, 6) is 2.30. The van der Waals surface area contributed by atoms with Crippen LogP contribution in [0.15, 0.2) is 36.4 Å². The molecule has 0 radical (unpaired) electrons. The van der Waals surface area contributed by atoms with Crippen LogP contribution in [0.3, 0.4) is 0 Å². The highest BCUT2D eigenvalue weighted by Crippen LogP contribution is 2.42. The largest absolute Gasteiger partial charge is 0.497 e. The molecule has 0 bridgehead atoms. The van der Waals surface area contributed by atoms with Crippen molar-refractivity contribution in [2.75, 3.05) is 21.3 Å². The maximum atomic E-state index is 12.5. The second-order valence-corrected chi connectivity index (χ2v) is 5.21. The molecule has 134 valence electrons. The number of carbonyl (C=O) groups is 1. The zero-order valence-electron chi connectivity index (χ0n) is 15.3. The molecule has 0 aromatic heterocycles. The molecular weight excluding hydrogens is 320 g/mol. The number of benzene rings is 2. The number of Topliss-reactive ketones (excluding diaryl/α,β-unsaturated/α-hetero) is 1. The molecule has 1 unspecified atom stereocenters. The van der Waals surface area contributed by atoms with Crippen molar-refractivity contribution in [3.63, 3.8) is 0 Å². The number of hydrogen-bond acceptors (Lipinski definition) is 5. The summed E-state index contributed by atoms with van der Waals surface area (Å²) in [5, 5.41) is 0. The van der Waals surface area contributed by atoms with Crippen molar-refractivity contribution in [3.8, 4) is 23.0 Å². The summed E-state index contributed by atoms with van der Waals surface area (Å²) in [6.07, 6.45) is -0.0696. The topological polar surface area (TPSA) is 54.0 Å². The van der Waals surface area contributed by atoms with Crippen molar-refractivity contribution in [1.82, 2.24) is 0 Å². The summed E-state index contributed by atoms with van der Waals surface area (Å²) in [6, 6.07) is 10.9. The number of methoxy groups -OCH3 is 3. The number of hydrogen-bond donors (Lipinski definition) is 0. The summed E-state index contributed by atoms with van der Waals surface area (Å²) in [7, 11) is 4.70. The summed E-state index contributed by atoms with van der Waals surface area (Å²) in [6.45, 7) is 4.00. The van der Waals surface area contributed by atoms with E-state index in [2.05, 4.69) is 0 Å². The van der Waals surface area contributed by atoms with Crippen LogP contribution in [-0.4, -0.2) is 27.1 Å². The number of ketones is 1. The molecule has 2 aromatic carbocycles. The highest BCUT2D eigenvalue weighted by atomic mass is 16.5. The van der Waals surface area contributed by atoms with Crippen LogP contribution in [0.5, 0.6) is 23.0 Å². The van der Waals surface area contributed by atoms with Gasteiger partial charge in [0.05, 0.1) is 27.8 Å². The second kappa shape index (κ2) is 8.42. The van der Waals surface area contributed by atoms with Gasteiger partial charge in [-0.15, -0.1) is 0 Å². The molecule has 0 fully saturated rings. The van der Waals surface area contributed by atoms with Crippen molar-refractivity contribution < 1.29 is 23.7 Å². The first-order valence-corrected chi connectivity index (χ1v) is 8.26. The Kier molecular flexibility index (Phi) is 6.28. The van der Waals surface area contributed by atoms with Crippen LogP contribution in [0.2, 0.25) is 0 Å². The Morgan fingerprint density at radius 2 is 1.56 bits per heavy atom. The number of carbonyl (C=O) groups excluding carboxylic acids is 1. The van der Waals surface area contributed by atoms with Crippen molar-refractivity contribution in [3.05, 3.63) is 47.5 Å². The summed E-state index contributed by atoms with van der Waals surface area (Å²) in [5.41, 5.74) is 1.39. The van der Waals surface area contributed by atoms with Crippen molar-refractivity contribution in [2.45, 2.75) is 26.4 Å². The minimum absolute atomic E-state index is 0.00780. The molecule has 0 spiro atoms. The van der Waals surface area contributed by atoms with Crippen LogP contribution in [0.25, 0.3) is 0 Å². The Morgan fingerprint density at radius 3 is 2.12 bits per heavy atom. The van der Waals surface area contributed by atoms with E-state index >= 15 is 0 Å². The van der Waals surface area contributed by atoms with Crippen molar-refractivity contribution in [1.29, 1.82) is 0 Å². The lowest BCUT2D eigenvalue weighted by atomic mass is 9.95. The van der Waals surface area contributed by atoms with Crippen LogP contribution in [0.1, 0.15) is 42.3 Å². The minimum Gasteiger partial charge on any atom is -0.497 e. The fourth-order valence-electron chi connectivity index (χ4n) is 2.68. The average molecular weight is 344 g/mol. The lowest BCUT2D eigenvalue weighted by Gasteiger charge is -2.27. The summed E-state index contributed by atoms with van der Waals surface area (Å²) >= 11 is 0. The van der Waals surface area contributed by atoms with Gasteiger partial charge in [-0.05, 0) is 17.7 Å². The molecule has 1 aliphatic rings. The monoisotopic (exact) mass is 344 g/mol. The standard InChI is InChI=1S/C18H18O5.C2H6/c1-20-12-6-4-11(5-7-12)15-10-14(19)18-16(22-3)8-13(21-2)9-17(18)23-15;1-2/h4-9,15H,10H2,1-3H3;1-2H3. The SMILES string of the molecule is CC.COc1ccc(C2CC(=O)c3c(OC)cc(OC)cc3O2)cc1. The van der Waals surface area contributed by atoms with Gasteiger partial charge in [0.25, 0.3) is 0 Å². The van der Waals surface area contributed by atoms with E-state index in [0.717, 1.165) is 11.3 Å². The third kappa shape index (κ3) is 3.87. The fourth-order valence-corrected chi connectivity index (χ4v) is 2.68. The van der Waals surface area contributed by atoms with Gasteiger partial charge in [0.2, 0.25) is 0 Å². The zero-order valence-corrected chi connectivity index (χ0v) is 15.3. The quantitative estimate of drug-likeness (QED) is 0.820. The third-order valence-electron chi connectivity index (χ3n) is 3.90. The van der Waals surface area contributed by atoms with Crippen LogP contribution in [-0.2, 0) is 0 Å². The van der Waals surface area contributed by atoms with Crippen LogP contribution in [0.4, 0.5) is 0 Å². The first-order valence-electron chi connectivity index (χ1n) is 8.26. The second-order valence-electron chi connectivity index (χ2n) is 5.21. The van der Waals surface area contributed by atoms with E-state index in [1.807, 2.05) is 38.1 Å². The molecule has 0 amide bonds. The van der Waals surface area contributed by atoms with Gasteiger partial charge in [0.1, 0.15) is 34.7 Å². The molecule has 0 aliphatic carbocycles. The highest BCUT2D eigenvalue weighted by molar-refractivity contribution is 6.02. The molecule has 0 N–H and O–H groups in total. The fraction of sp³-hybridized carbons (Fsp3) is 0.350. The molecule has 1 atom stereocenters. The van der Waals surface area contributed by atoms with Gasteiger partial charge in [0, 0.05) is 12.1 Å². The lowest BCUT2D eigenvalue weighted by molar-refractivity contribution is 0.0844.